The van der Waals surface area contributed by atoms with Crippen molar-refractivity contribution in [2.75, 3.05) is 10.6 Å². The van der Waals surface area contributed by atoms with Crippen molar-refractivity contribution in [3.63, 3.8) is 0 Å². The van der Waals surface area contributed by atoms with Gasteiger partial charge in [0, 0.05) is 21.4 Å². The summed E-state index contributed by atoms with van der Waals surface area (Å²) in [6.45, 7) is 0. The monoisotopic (exact) mass is 358 g/mol. The summed E-state index contributed by atoms with van der Waals surface area (Å²) in [6, 6.07) is 17.7. The van der Waals surface area contributed by atoms with E-state index in [-0.39, 0.29) is 0 Å². The molecule has 0 radical (unpaired) electrons. The number of benzene rings is 3. The molecule has 0 aliphatic carbocycles. The molecule has 3 rings (SSSR count). The lowest BCUT2D eigenvalue weighted by atomic mass is 10.1. The Bertz CT molecular complexity index is 921. The van der Waals surface area contributed by atoms with Crippen molar-refractivity contribution in [3.05, 3.63) is 70.7 Å². The molecule has 3 aromatic rings. The molecule has 0 bridgehead atoms. The van der Waals surface area contributed by atoms with Gasteiger partial charge in [0.15, 0.2) is 0 Å². The Labute approximate surface area is 148 Å². The van der Waals surface area contributed by atoms with Gasteiger partial charge in [-0.1, -0.05) is 53.5 Å². The van der Waals surface area contributed by atoms with Gasteiger partial charge in [-0.15, -0.1) is 0 Å². The number of amides is 2. The van der Waals surface area contributed by atoms with E-state index >= 15 is 0 Å². The molecule has 6 heteroatoms. The molecule has 0 aliphatic rings. The second-order valence-corrected chi connectivity index (χ2v) is 6.00. The predicted octanol–water partition coefficient (Wildman–Crippen LogP) is 4.72. The molecule has 0 saturated carbocycles. The van der Waals surface area contributed by atoms with E-state index in [1.165, 1.54) is 18.2 Å². The molecular formula is C18H12Cl2N2O2. The molecule has 0 aromatic heterocycles. The Hall–Kier alpha value is -2.56. The van der Waals surface area contributed by atoms with Crippen LogP contribution in [0.3, 0.4) is 0 Å². The molecule has 0 fully saturated rings. The van der Waals surface area contributed by atoms with Gasteiger partial charge in [0.1, 0.15) is 0 Å². The SMILES string of the molecule is O=C(Nc1cc(Cl)cc(Cl)c1)C(=O)Nc1ccc2ccccc2c1. The zero-order valence-corrected chi connectivity index (χ0v) is 13.9. The van der Waals surface area contributed by atoms with Gasteiger partial charge in [-0.2, -0.15) is 0 Å². The first kappa shape index (κ1) is 16.3. The van der Waals surface area contributed by atoms with Crippen LogP contribution in [-0.2, 0) is 9.59 Å². The molecule has 120 valence electrons. The number of hydrogen-bond acceptors (Lipinski definition) is 2. The highest BCUT2D eigenvalue weighted by Crippen LogP contribution is 2.22. The van der Waals surface area contributed by atoms with E-state index in [0.29, 0.717) is 21.4 Å². The highest BCUT2D eigenvalue weighted by molar-refractivity contribution is 6.44. The van der Waals surface area contributed by atoms with E-state index in [9.17, 15) is 9.59 Å². The molecule has 2 N–H and O–H groups in total. The fourth-order valence-electron chi connectivity index (χ4n) is 2.27. The van der Waals surface area contributed by atoms with Crippen LogP contribution in [0.1, 0.15) is 0 Å². The van der Waals surface area contributed by atoms with E-state index in [1.807, 2.05) is 30.3 Å². The average Bonchev–Trinajstić information content (AvgIpc) is 2.53. The summed E-state index contributed by atoms with van der Waals surface area (Å²) in [7, 11) is 0. The van der Waals surface area contributed by atoms with E-state index in [4.69, 9.17) is 23.2 Å². The fraction of sp³-hybridized carbons (Fsp3) is 0. The number of carbonyl (C=O) groups is 2. The lowest BCUT2D eigenvalue weighted by Gasteiger charge is -2.08. The first-order valence-corrected chi connectivity index (χ1v) is 7.84. The van der Waals surface area contributed by atoms with Gasteiger partial charge in [-0.3, -0.25) is 9.59 Å². The van der Waals surface area contributed by atoms with Gasteiger partial charge in [-0.05, 0) is 41.1 Å². The van der Waals surface area contributed by atoms with Crippen LogP contribution in [0.5, 0.6) is 0 Å². The molecule has 2 amide bonds. The van der Waals surface area contributed by atoms with Crippen molar-refractivity contribution >= 4 is 57.2 Å². The second kappa shape index (κ2) is 6.91. The molecule has 0 heterocycles. The number of fused-ring (bicyclic) bond motifs is 1. The van der Waals surface area contributed by atoms with E-state index in [2.05, 4.69) is 10.6 Å². The highest BCUT2D eigenvalue weighted by Gasteiger charge is 2.14. The summed E-state index contributed by atoms with van der Waals surface area (Å²) >= 11 is 11.7. The van der Waals surface area contributed by atoms with Crippen molar-refractivity contribution in [1.82, 2.24) is 0 Å². The molecular weight excluding hydrogens is 347 g/mol. The van der Waals surface area contributed by atoms with Crippen molar-refractivity contribution < 1.29 is 9.59 Å². The predicted molar refractivity (Wildman–Crippen MR) is 97.7 cm³/mol. The molecule has 4 nitrogen and oxygen atoms in total. The fourth-order valence-corrected chi connectivity index (χ4v) is 2.79. The van der Waals surface area contributed by atoms with Gasteiger partial charge in [0.05, 0.1) is 0 Å². The Morgan fingerprint density at radius 1 is 0.667 bits per heavy atom. The summed E-state index contributed by atoms with van der Waals surface area (Å²) in [4.78, 5) is 24.0. The van der Waals surface area contributed by atoms with Crippen LogP contribution in [0.4, 0.5) is 11.4 Å². The van der Waals surface area contributed by atoms with Crippen LogP contribution in [0.25, 0.3) is 10.8 Å². The maximum Gasteiger partial charge on any atom is 0.314 e. The minimum Gasteiger partial charge on any atom is -0.318 e. The Morgan fingerprint density at radius 2 is 1.25 bits per heavy atom. The van der Waals surface area contributed by atoms with Crippen LogP contribution < -0.4 is 10.6 Å². The minimum absolute atomic E-state index is 0.353. The quantitative estimate of drug-likeness (QED) is 0.651. The second-order valence-electron chi connectivity index (χ2n) is 5.13. The third-order valence-electron chi connectivity index (χ3n) is 3.33. The first-order valence-electron chi connectivity index (χ1n) is 7.08. The van der Waals surface area contributed by atoms with E-state index < -0.39 is 11.8 Å². The van der Waals surface area contributed by atoms with Crippen LogP contribution in [0.15, 0.2) is 60.7 Å². The maximum absolute atomic E-state index is 12.0. The van der Waals surface area contributed by atoms with Gasteiger partial charge < -0.3 is 10.6 Å². The summed E-state index contributed by atoms with van der Waals surface area (Å²) < 4.78 is 0. The van der Waals surface area contributed by atoms with Crippen molar-refractivity contribution in [2.45, 2.75) is 0 Å². The largest absolute Gasteiger partial charge is 0.318 e. The Kier molecular flexibility index (Phi) is 4.69. The van der Waals surface area contributed by atoms with Gasteiger partial charge in [-0.25, -0.2) is 0 Å². The zero-order chi connectivity index (χ0) is 17.1. The minimum atomic E-state index is -0.804. The number of hydrogen-bond donors (Lipinski definition) is 2. The molecule has 0 atom stereocenters. The molecule has 0 spiro atoms. The van der Waals surface area contributed by atoms with Gasteiger partial charge in [0.25, 0.3) is 0 Å². The molecule has 0 unspecified atom stereocenters. The number of rotatable bonds is 2. The standard InChI is InChI=1S/C18H12Cl2N2O2/c19-13-8-14(20)10-16(9-13)22-18(24)17(23)21-15-6-5-11-3-1-2-4-12(11)7-15/h1-10H,(H,21,23)(H,22,24). The Balaban J connectivity index is 1.72. The molecule has 3 aromatic carbocycles. The number of carbonyl (C=O) groups excluding carboxylic acids is 2. The van der Waals surface area contributed by atoms with Gasteiger partial charge in [0.2, 0.25) is 0 Å². The third kappa shape index (κ3) is 3.85. The third-order valence-corrected chi connectivity index (χ3v) is 3.77. The molecule has 24 heavy (non-hydrogen) atoms. The maximum atomic E-state index is 12.0. The Morgan fingerprint density at radius 3 is 1.92 bits per heavy atom. The zero-order valence-electron chi connectivity index (χ0n) is 12.3. The van der Waals surface area contributed by atoms with Crippen molar-refractivity contribution in [1.29, 1.82) is 0 Å². The highest BCUT2D eigenvalue weighted by atomic mass is 35.5. The van der Waals surface area contributed by atoms with Crippen molar-refractivity contribution in [2.24, 2.45) is 0 Å². The summed E-state index contributed by atoms with van der Waals surface area (Å²) in [5, 5.41) is 7.78. The van der Waals surface area contributed by atoms with Crippen LogP contribution >= 0.6 is 23.2 Å². The van der Waals surface area contributed by atoms with Crippen LogP contribution in [0, 0.1) is 0 Å². The first-order chi connectivity index (χ1) is 11.5. The summed E-state index contributed by atoms with van der Waals surface area (Å²) in [6.07, 6.45) is 0. The number of nitrogens with one attached hydrogen (secondary N) is 2. The summed E-state index contributed by atoms with van der Waals surface area (Å²) in [5.74, 6) is -1.58. The number of halogens is 2. The van der Waals surface area contributed by atoms with Crippen LogP contribution in [-0.4, -0.2) is 11.8 Å². The smallest absolute Gasteiger partial charge is 0.314 e. The van der Waals surface area contributed by atoms with Crippen LogP contribution in [0.2, 0.25) is 10.0 Å². The lowest BCUT2D eigenvalue weighted by molar-refractivity contribution is -0.132. The molecule has 0 aliphatic heterocycles. The number of anilines is 2. The molecule has 0 saturated heterocycles. The van der Waals surface area contributed by atoms with E-state index in [0.717, 1.165) is 10.8 Å². The normalized spacial score (nSPS) is 10.4. The summed E-state index contributed by atoms with van der Waals surface area (Å²) in [5.41, 5.74) is 0.893. The average molecular weight is 359 g/mol. The lowest BCUT2D eigenvalue weighted by Crippen LogP contribution is -2.29. The van der Waals surface area contributed by atoms with Crippen molar-refractivity contribution in [3.8, 4) is 0 Å². The topological polar surface area (TPSA) is 58.2 Å². The van der Waals surface area contributed by atoms with E-state index in [1.54, 1.807) is 12.1 Å². The van der Waals surface area contributed by atoms with Gasteiger partial charge >= 0.3 is 11.8 Å².